The van der Waals surface area contributed by atoms with Crippen LogP contribution in [-0.2, 0) is 11.2 Å². The number of carbonyl (C=O) groups is 2. The van der Waals surface area contributed by atoms with E-state index < -0.39 is 0 Å². The molecule has 0 aliphatic heterocycles. The molecule has 0 aliphatic rings. The van der Waals surface area contributed by atoms with Crippen molar-refractivity contribution in [1.82, 2.24) is 25.5 Å². The molecule has 1 heterocycles. The van der Waals surface area contributed by atoms with Crippen LogP contribution in [0.1, 0.15) is 12.5 Å². The fraction of sp³-hybridized carbons (Fsp3) is 0.167. The van der Waals surface area contributed by atoms with Crippen LogP contribution in [0.4, 0.5) is 16.2 Å². The minimum absolute atomic E-state index is 0.152. The molecule has 9 nitrogen and oxygen atoms in total. The Labute approximate surface area is 155 Å². The fourth-order valence-corrected chi connectivity index (χ4v) is 2.45. The van der Waals surface area contributed by atoms with Crippen molar-refractivity contribution in [2.45, 2.75) is 13.3 Å². The molecule has 0 saturated carbocycles. The Bertz CT molecular complexity index is 908. The summed E-state index contributed by atoms with van der Waals surface area (Å²) in [4.78, 5) is 23.9. The smallest absolute Gasteiger partial charge is 0.319 e. The molecule has 9 heteroatoms. The van der Waals surface area contributed by atoms with Crippen molar-refractivity contribution in [3.05, 3.63) is 60.4 Å². The van der Waals surface area contributed by atoms with E-state index in [2.05, 4.69) is 31.5 Å². The van der Waals surface area contributed by atoms with Gasteiger partial charge in [0.05, 0.1) is 12.1 Å². The highest BCUT2D eigenvalue weighted by Crippen LogP contribution is 2.16. The molecule has 0 aliphatic carbocycles. The maximum atomic E-state index is 12.3. The zero-order valence-electron chi connectivity index (χ0n) is 14.7. The third-order valence-electron chi connectivity index (χ3n) is 3.66. The van der Waals surface area contributed by atoms with Crippen LogP contribution in [-0.4, -0.2) is 38.7 Å². The van der Waals surface area contributed by atoms with E-state index in [4.69, 9.17) is 0 Å². The third-order valence-corrected chi connectivity index (χ3v) is 3.66. The van der Waals surface area contributed by atoms with Crippen molar-refractivity contribution >= 4 is 23.3 Å². The molecule has 3 rings (SSSR count). The molecule has 138 valence electrons. The van der Waals surface area contributed by atoms with E-state index in [9.17, 15) is 9.59 Å². The van der Waals surface area contributed by atoms with Crippen LogP contribution in [0.15, 0.2) is 54.9 Å². The van der Waals surface area contributed by atoms with Gasteiger partial charge in [-0.25, -0.2) is 9.48 Å². The first kappa shape index (κ1) is 18.1. The lowest BCUT2D eigenvalue weighted by Gasteiger charge is -2.09. The molecule has 0 radical (unpaired) electrons. The number of nitrogens with one attached hydrogen (secondary N) is 3. The number of rotatable bonds is 6. The van der Waals surface area contributed by atoms with Crippen LogP contribution in [0, 0.1) is 0 Å². The molecule has 3 amide bonds. The van der Waals surface area contributed by atoms with Gasteiger partial charge in [-0.05, 0) is 53.2 Å². The van der Waals surface area contributed by atoms with E-state index in [1.807, 2.05) is 31.2 Å². The van der Waals surface area contributed by atoms with Gasteiger partial charge in [0.15, 0.2) is 0 Å². The maximum absolute atomic E-state index is 12.3. The van der Waals surface area contributed by atoms with Crippen LogP contribution in [0.3, 0.4) is 0 Å². The second-order valence-electron chi connectivity index (χ2n) is 5.71. The monoisotopic (exact) mass is 365 g/mol. The van der Waals surface area contributed by atoms with Gasteiger partial charge in [-0.1, -0.05) is 18.2 Å². The van der Waals surface area contributed by atoms with E-state index in [0.717, 1.165) is 11.3 Å². The molecule has 2 aromatic carbocycles. The summed E-state index contributed by atoms with van der Waals surface area (Å²) >= 11 is 0. The molecule has 0 fully saturated rings. The number of hydrogen-bond donors (Lipinski definition) is 3. The summed E-state index contributed by atoms with van der Waals surface area (Å²) in [5.74, 6) is -0.152. The van der Waals surface area contributed by atoms with Crippen LogP contribution < -0.4 is 16.0 Å². The number of aromatic nitrogens is 4. The molecule has 0 spiro atoms. The zero-order chi connectivity index (χ0) is 19.1. The van der Waals surface area contributed by atoms with Crippen molar-refractivity contribution in [3.8, 4) is 5.69 Å². The first-order chi connectivity index (χ1) is 13.1. The maximum Gasteiger partial charge on any atom is 0.319 e. The van der Waals surface area contributed by atoms with Gasteiger partial charge in [-0.2, -0.15) is 0 Å². The minimum Gasteiger partial charge on any atom is -0.338 e. The molecule has 0 unspecified atom stereocenters. The van der Waals surface area contributed by atoms with Crippen LogP contribution in [0.5, 0.6) is 0 Å². The van der Waals surface area contributed by atoms with Crippen molar-refractivity contribution in [2.75, 3.05) is 17.2 Å². The third kappa shape index (κ3) is 5.11. The molecule has 27 heavy (non-hydrogen) atoms. The van der Waals surface area contributed by atoms with E-state index >= 15 is 0 Å². The number of benzene rings is 2. The largest absolute Gasteiger partial charge is 0.338 e. The van der Waals surface area contributed by atoms with Gasteiger partial charge in [0.2, 0.25) is 5.91 Å². The van der Waals surface area contributed by atoms with Crippen LogP contribution >= 0.6 is 0 Å². The van der Waals surface area contributed by atoms with E-state index in [0.29, 0.717) is 17.9 Å². The van der Waals surface area contributed by atoms with Crippen molar-refractivity contribution in [3.63, 3.8) is 0 Å². The Morgan fingerprint density at radius 2 is 1.78 bits per heavy atom. The average molecular weight is 365 g/mol. The number of tetrazole rings is 1. The summed E-state index contributed by atoms with van der Waals surface area (Å²) in [6, 6.07) is 14.1. The molecule has 3 N–H and O–H groups in total. The minimum atomic E-state index is -0.288. The Kier molecular flexibility index (Phi) is 5.73. The lowest BCUT2D eigenvalue weighted by molar-refractivity contribution is -0.115. The predicted octanol–water partition coefficient (Wildman–Crippen LogP) is 1.98. The summed E-state index contributed by atoms with van der Waals surface area (Å²) in [7, 11) is 0. The van der Waals surface area contributed by atoms with Gasteiger partial charge in [0.1, 0.15) is 6.33 Å². The summed E-state index contributed by atoms with van der Waals surface area (Å²) in [5, 5.41) is 19.2. The number of carbonyl (C=O) groups excluding carboxylic acids is 2. The number of nitrogens with zero attached hydrogens (tertiary/aromatic N) is 4. The topological polar surface area (TPSA) is 114 Å². The number of amides is 3. The average Bonchev–Trinajstić information content (AvgIpc) is 3.17. The molecule has 3 aromatic rings. The fourth-order valence-electron chi connectivity index (χ4n) is 2.45. The first-order valence-electron chi connectivity index (χ1n) is 8.41. The summed E-state index contributed by atoms with van der Waals surface area (Å²) in [6.45, 7) is 2.38. The Morgan fingerprint density at radius 3 is 2.44 bits per heavy atom. The zero-order valence-corrected chi connectivity index (χ0v) is 14.7. The normalized spacial score (nSPS) is 10.3. The van der Waals surface area contributed by atoms with Gasteiger partial charge < -0.3 is 16.0 Å². The number of hydrogen-bond acceptors (Lipinski definition) is 5. The molecular formula is C18H19N7O2. The van der Waals surface area contributed by atoms with Crippen molar-refractivity contribution in [2.24, 2.45) is 0 Å². The number of urea groups is 1. The summed E-state index contributed by atoms with van der Waals surface area (Å²) < 4.78 is 1.54. The highest BCUT2D eigenvalue weighted by Gasteiger charge is 2.07. The van der Waals surface area contributed by atoms with Gasteiger partial charge in [-0.3, -0.25) is 4.79 Å². The molecule has 0 atom stereocenters. The molecular weight excluding hydrogens is 346 g/mol. The molecule has 0 bridgehead atoms. The highest BCUT2D eigenvalue weighted by atomic mass is 16.2. The quantitative estimate of drug-likeness (QED) is 0.618. The Hall–Kier alpha value is -3.75. The lowest BCUT2D eigenvalue weighted by Crippen LogP contribution is -2.28. The Morgan fingerprint density at radius 1 is 1.04 bits per heavy atom. The van der Waals surface area contributed by atoms with Gasteiger partial charge >= 0.3 is 6.03 Å². The predicted molar refractivity (Wildman–Crippen MR) is 101 cm³/mol. The van der Waals surface area contributed by atoms with Crippen LogP contribution in [0.2, 0.25) is 0 Å². The standard InChI is InChI=1S/C18H19N7O2/c1-2-19-18(27)22-15-5-3-4-14(11-15)21-17(26)10-13-6-8-16(9-7-13)25-12-20-23-24-25/h3-9,11-12H,2,10H2,1H3,(H,21,26)(H2,19,22,27). The Balaban J connectivity index is 1.58. The second kappa shape index (κ2) is 8.56. The van der Waals surface area contributed by atoms with Crippen LogP contribution in [0.25, 0.3) is 5.69 Å². The molecule has 0 saturated heterocycles. The number of anilines is 2. The van der Waals surface area contributed by atoms with Gasteiger partial charge in [-0.15, -0.1) is 5.10 Å². The highest BCUT2D eigenvalue weighted by molar-refractivity contribution is 5.94. The van der Waals surface area contributed by atoms with Gasteiger partial charge in [0, 0.05) is 17.9 Å². The van der Waals surface area contributed by atoms with E-state index in [-0.39, 0.29) is 18.4 Å². The van der Waals surface area contributed by atoms with Crippen molar-refractivity contribution in [1.29, 1.82) is 0 Å². The lowest BCUT2D eigenvalue weighted by atomic mass is 10.1. The van der Waals surface area contributed by atoms with Gasteiger partial charge in [0.25, 0.3) is 0 Å². The van der Waals surface area contributed by atoms with E-state index in [1.54, 1.807) is 24.3 Å². The second-order valence-corrected chi connectivity index (χ2v) is 5.71. The van der Waals surface area contributed by atoms with Crippen molar-refractivity contribution < 1.29 is 9.59 Å². The first-order valence-corrected chi connectivity index (χ1v) is 8.41. The summed E-state index contributed by atoms with van der Waals surface area (Å²) in [6.07, 6.45) is 1.73. The SMILES string of the molecule is CCNC(=O)Nc1cccc(NC(=O)Cc2ccc(-n3cnnn3)cc2)c1. The van der Waals surface area contributed by atoms with E-state index in [1.165, 1.54) is 11.0 Å². The summed E-state index contributed by atoms with van der Waals surface area (Å²) in [5.41, 5.74) is 2.89. The molecule has 1 aromatic heterocycles.